The van der Waals surface area contributed by atoms with Gasteiger partial charge in [-0.25, -0.2) is 0 Å². The highest BCUT2D eigenvalue weighted by Gasteiger charge is 2.28. The summed E-state index contributed by atoms with van der Waals surface area (Å²) in [5.41, 5.74) is 0.570. The number of rotatable bonds is 6. The van der Waals surface area contributed by atoms with Gasteiger partial charge in [0.25, 0.3) is 0 Å². The van der Waals surface area contributed by atoms with E-state index in [0.29, 0.717) is 24.2 Å². The summed E-state index contributed by atoms with van der Waals surface area (Å²) < 4.78 is 12.6. The molecular formula is C16H34ClOP. The second-order valence-corrected chi connectivity index (χ2v) is 13.1. The van der Waals surface area contributed by atoms with Gasteiger partial charge in [-0.2, -0.15) is 0 Å². The van der Waals surface area contributed by atoms with Gasteiger partial charge in [0.15, 0.2) is 6.49 Å². The van der Waals surface area contributed by atoms with E-state index >= 15 is 0 Å². The maximum Gasteiger partial charge on any atom is 0.170 e. The van der Waals surface area contributed by atoms with Crippen LogP contribution in [0.15, 0.2) is 0 Å². The molecule has 0 aliphatic rings. The molecule has 0 aliphatic heterocycles. The molecule has 0 amide bonds. The van der Waals surface area contributed by atoms with Crippen LogP contribution < -0.4 is 0 Å². The SMILES string of the molecule is CC(CC(C)(C)C)CP(=O)(Cl)CC(C)CC(C)(C)C. The minimum atomic E-state index is -2.50. The first-order valence-corrected chi connectivity index (χ1v) is 10.5. The lowest BCUT2D eigenvalue weighted by atomic mass is 9.86. The van der Waals surface area contributed by atoms with Crippen molar-refractivity contribution in [1.82, 2.24) is 0 Å². The molecule has 0 saturated carbocycles. The normalized spacial score (nSPS) is 19.8. The van der Waals surface area contributed by atoms with Crippen LogP contribution in [0.4, 0.5) is 0 Å². The lowest BCUT2D eigenvalue weighted by molar-refractivity contribution is 0.316. The molecule has 0 spiro atoms. The molecule has 0 saturated heterocycles. The summed E-state index contributed by atoms with van der Waals surface area (Å²) >= 11 is 6.34. The van der Waals surface area contributed by atoms with Crippen LogP contribution in [0.25, 0.3) is 0 Å². The van der Waals surface area contributed by atoms with Crippen molar-refractivity contribution in [3.05, 3.63) is 0 Å². The Morgan fingerprint density at radius 1 is 0.842 bits per heavy atom. The second kappa shape index (κ2) is 6.99. The molecule has 2 unspecified atom stereocenters. The van der Waals surface area contributed by atoms with Gasteiger partial charge in [-0.05, 0) is 35.5 Å². The smallest absolute Gasteiger partial charge is 0.170 e. The van der Waals surface area contributed by atoms with Gasteiger partial charge in [0.2, 0.25) is 0 Å². The van der Waals surface area contributed by atoms with Crippen LogP contribution in [0, 0.1) is 22.7 Å². The van der Waals surface area contributed by atoms with Gasteiger partial charge in [0, 0.05) is 12.3 Å². The Labute approximate surface area is 126 Å². The zero-order valence-electron chi connectivity index (χ0n) is 14.2. The molecule has 0 heterocycles. The summed E-state index contributed by atoms with van der Waals surface area (Å²) in [5.74, 6) is 0.871. The molecule has 19 heavy (non-hydrogen) atoms. The molecule has 0 fully saturated rings. The van der Waals surface area contributed by atoms with Crippen molar-refractivity contribution < 1.29 is 4.57 Å². The van der Waals surface area contributed by atoms with Crippen molar-refractivity contribution in [3.8, 4) is 0 Å². The monoisotopic (exact) mass is 308 g/mol. The van der Waals surface area contributed by atoms with Crippen LogP contribution in [0.3, 0.4) is 0 Å². The lowest BCUT2D eigenvalue weighted by Crippen LogP contribution is -2.17. The van der Waals surface area contributed by atoms with Crippen molar-refractivity contribution in [2.45, 2.75) is 68.2 Å². The molecule has 116 valence electrons. The van der Waals surface area contributed by atoms with E-state index in [4.69, 9.17) is 11.2 Å². The van der Waals surface area contributed by atoms with Gasteiger partial charge in [0.05, 0.1) is 0 Å². The highest BCUT2D eigenvalue weighted by Crippen LogP contribution is 2.55. The molecule has 0 aliphatic carbocycles. The first-order chi connectivity index (χ1) is 8.20. The van der Waals surface area contributed by atoms with Gasteiger partial charge in [0.1, 0.15) is 0 Å². The van der Waals surface area contributed by atoms with Gasteiger partial charge in [-0.15, -0.1) is 0 Å². The van der Waals surface area contributed by atoms with E-state index in [-0.39, 0.29) is 10.8 Å². The summed E-state index contributed by atoms with van der Waals surface area (Å²) in [6.07, 6.45) is 3.52. The average molecular weight is 309 g/mol. The molecule has 2 atom stereocenters. The highest BCUT2D eigenvalue weighted by atomic mass is 35.7. The Kier molecular flexibility index (Phi) is 7.18. The minimum Gasteiger partial charge on any atom is -0.307 e. The Morgan fingerprint density at radius 3 is 1.32 bits per heavy atom. The molecule has 0 aromatic carbocycles. The van der Waals surface area contributed by atoms with Crippen molar-refractivity contribution in [2.75, 3.05) is 12.3 Å². The minimum absolute atomic E-state index is 0.285. The maximum absolute atomic E-state index is 12.6. The van der Waals surface area contributed by atoms with E-state index in [2.05, 4.69) is 55.4 Å². The molecule has 3 heteroatoms. The topological polar surface area (TPSA) is 17.1 Å². The summed E-state index contributed by atoms with van der Waals surface area (Å²) in [7, 11) is 0. The molecule has 0 rings (SSSR count). The van der Waals surface area contributed by atoms with Crippen molar-refractivity contribution >= 4 is 17.7 Å². The Balaban J connectivity index is 4.36. The molecule has 0 radical (unpaired) electrons. The molecular weight excluding hydrogens is 275 g/mol. The van der Waals surface area contributed by atoms with Crippen LogP contribution in [-0.2, 0) is 4.57 Å². The quantitative estimate of drug-likeness (QED) is 0.502. The second-order valence-electron chi connectivity index (χ2n) is 8.89. The van der Waals surface area contributed by atoms with Crippen LogP contribution in [0.5, 0.6) is 0 Å². The van der Waals surface area contributed by atoms with Gasteiger partial charge in [-0.1, -0.05) is 66.6 Å². The van der Waals surface area contributed by atoms with Crippen molar-refractivity contribution in [3.63, 3.8) is 0 Å². The van der Waals surface area contributed by atoms with Crippen LogP contribution in [0.2, 0.25) is 0 Å². The van der Waals surface area contributed by atoms with Crippen LogP contribution in [0.1, 0.15) is 68.2 Å². The average Bonchev–Trinajstić information content (AvgIpc) is 1.89. The number of hydrogen-bond donors (Lipinski definition) is 0. The summed E-state index contributed by atoms with van der Waals surface area (Å²) in [6, 6.07) is 0. The largest absolute Gasteiger partial charge is 0.307 e. The summed E-state index contributed by atoms with van der Waals surface area (Å²) in [6.45, 7) is 15.2. The fraction of sp³-hybridized carbons (Fsp3) is 1.00. The van der Waals surface area contributed by atoms with Crippen molar-refractivity contribution in [2.24, 2.45) is 22.7 Å². The predicted molar refractivity (Wildman–Crippen MR) is 89.7 cm³/mol. The number of hydrogen-bond acceptors (Lipinski definition) is 1. The lowest BCUT2D eigenvalue weighted by Gasteiger charge is -2.27. The fourth-order valence-corrected chi connectivity index (χ4v) is 6.91. The van der Waals surface area contributed by atoms with E-state index in [1.54, 1.807) is 0 Å². The Hall–Kier alpha value is 0.520. The van der Waals surface area contributed by atoms with Crippen LogP contribution in [-0.4, -0.2) is 12.3 Å². The first-order valence-electron chi connectivity index (χ1n) is 7.48. The van der Waals surface area contributed by atoms with E-state index < -0.39 is 6.49 Å². The third kappa shape index (κ3) is 12.0. The predicted octanol–water partition coefficient (Wildman–Crippen LogP) is 6.65. The van der Waals surface area contributed by atoms with Gasteiger partial charge < -0.3 is 4.57 Å². The Bertz CT molecular complexity index is 284. The van der Waals surface area contributed by atoms with Crippen LogP contribution >= 0.6 is 17.7 Å². The summed E-state index contributed by atoms with van der Waals surface area (Å²) in [5, 5.41) is 0. The molecule has 0 N–H and O–H groups in total. The molecule has 0 aromatic heterocycles. The first kappa shape index (κ1) is 19.5. The Morgan fingerprint density at radius 2 is 1.11 bits per heavy atom. The molecule has 0 bridgehead atoms. The van der Waals surface area contributed by atoms with E-state index in [1.165, 1.54) is 0 Å². The maximum atomic E-state index is 12.6. The third-order valence-corrected chi connectivity index (χ3v) is 6.26. The highest BCUT2D eigenvalue weighted by molar-refractivity contribution is 7.89. The zero-order chi connectivity index (χ0) is 15.5. The van der Waals surface area contributed by atoms with Crippen molar-refractivity contribution in [1.29, 1.82) is 0 Å². The number of halogens is 1. The van der Waals surface area contributed by atoms with Gasteiger partial charge in [-0.3, -0.25) is 0 Å². The summed E-state index contributed by atoms with van der Waals surface area (Å²) in [4.78, 5) is 0. The molecule has 1 nitrogen and oxygen atoms in total. The van der Waals surface area contributed by atoms with Gasteiger partial charge >= 0.3 is 0 Å². The zero-order valence-corrected chi connectivity index (χ0v) is 15.9. The van der Waals surface area contributed by atoms with E-state index in [1.807, 2.05) is 0 Å². The van der Waals surface area contributed by atoms with E-state index in [0.717, 1.165) is 12.8 Å². The third-order valence-electron chi connectivity index (χ3n) is 3.09. The standard InChI is InChI=1S/C16H34ClOP/c1-13(9-15(3,4)5)11-19(17,18)12-14(2)10-16(6,7)8/h13-14H,9-12H2,1-8H3. The fourth-order valence-electron chi connectivity index (χ4n) is 3.23. The van der Waals surface area contributed by atoms with E-state index in [9.17, 15) is 4.57 Å². The molecule has 0 aromatic rings.